The number of nitrogens with one attached hydrogen (secondary N) is 1. The first-order valence-corrected chi connectivity index (χ1v) is 11.1. The van der Waals surface area contributed by atoms with Gasteiger partial charge in [-0.25, -0.2) is 9.97 Å². The second-order valence-corrected chi connectivity index (χ2v) is 8.20. The number of benzene rings is 2. The van der Waals surface area contributed by atoms with E-state index in [0.717, 1.165) is 42.5 Å². The zero-order chi connectivity index (χ0) is 22.1. The van der Waals surface area contributed by atoms with E-state index in [1.54, 1.807) is 7.11 Å². The average molecular weight is 430 g/mol. The number of nitrogens with two attached hydrogens (primary N) is 1. The summed E-state index contributed by atoms with van der Waals surface area (Å²) in [5.74, 6) is 2.81. The Morgan fingerprint density at radius 2 is 1.84 bits per heavy atom. The van der Waals surface area contributed by atoms with Gasteiger partial charge in [-0.3, -0.25) is 5.10 Å². The molecule has 7 heteroatoms. The van der Waals surface area contributed by atoms with Gasteiger partial charge in [0.1, 0.15) is 17.3 Å². The van der Waals surface area contributed by atoms with Gasteiger partial charge < -0.3 is 15.2 Å². The number of nitrogens with zero attached hydrogens (tertiary/aromatic N) is 3. The lowest BCUT2D eigenvalue weighted by atomic mass is 10.0. The summed E-state index contributed by atoms with van der Waals surface area (Å²) in [5, 5.41) is 8.31. The molecule has 0 spiro atoms. The molecule has 4 aromatic rings. The number of hydrogen-bond acceptors (Lipinski definition) is 6. The van der Waals surface area contributed by atoms with Crippen molar-refractivity contribution in [2.75, 3.05) is 19.5 Å². The quantitative estimate of drug-likeness (QED) is 0.414. The van der Waals surface area contributed by atoms with Crippen molar-refractivity contribution in [3.05, 3.63) is 59.4 Å². The molecular formula is C25H27N5O2. The van der Waals surface area contributed by atoms with E-state index in [-0.39, 0.29) is 5.92 Å². The molecule has 7 nitrogen and oxygen atoms in total. The standard InChI is InChI=1S/C25H27N5O2/c1-3-4-11-32-20-14-17(9-10-19(20)31-2)22-21-23(26)27-24(28-25(21)30-29-22)18-12-15-7-5-6-8-16(15)13-18/h5-10,14,18H,3-4,11-13H2,1-2H3,(H3,26,27,28,29,30). The summed E-state index contributed by atoms with van der Waals surface area (Å²) in [5.41, 5.74) is 11.4. The Labute approximate surface area is 187 Å². The molecule has 2 aromatic carbocycles. The number of aromatic amines is 1. The van der Waals surface area contributed by atoms with E-state index >= 15 is 0 Å². The smallest absolute Gasteiger partial charge is 0.161 e. The van der Waals surface area contributed by atoms with Crippen molar-refractivity contribution in [2.45, 2.75) is 38.5 Å². The van der Waals surface area contributed by atoms with Crippen LogP contribution >= 0.6 is 0 Å². The topological polar surface area (TPSA) is 98.9 Å². The van der Waals surface area contributed by atoms with Crippen molar-refractivity contribution in [3.8, 4) is 22.8 Å². The number of hydrogen-bond donors (Lipinski definition) is 2. The first-order valence-electron chi connectivity index (χ1n) is 11.1. The lowest BCUT2D eigenvalue weighted by Gasteiger charge is -2.12. The number of anilines is 1. The Balaban J connectivity index is 1.48. The lowest BCUT2D eigenvalue weighted by Crippen LogP contribution is -2.07. The second kappa shape index (κ2) is 8.49. The fourth-order valence-electron chi connectivity index (χ4n) is 4.37. The van der Waals surface area contributed by atoms with Crippen LogP contribution in [0.4, 0.5) is 5.82 Å². The van der Waals surface area contributed by atoms with Crippen LogP contribution in [0.5, 0.6) is 11.5 Å². The SMILES string of the molecule is CCCCOc1cc(-c2n[nH]c3nc(C4Cc5ccccc5C4)nc(N)c23)ccc1OC. The van der Waals surface area contributed by atoms with E-state index in [0.29, 0.717) is 35.3 Å². The third-order valence-corrected chi connectivity index (χ3v) is 6.07. The molecule has 2 heterocycles. The molecule has 32 heavy (non-hydrogen) atoms. The van der Waals surface area contributed by atoms with Crippen LogP contribution in [0.2, 0.25) is 0 Å². The van der Waals surface area contributed by atoms with E-state index in [4.69, 9.17) is 25.2 Å². The minimum atomic E-state index is 0.227. The van der Waals surface area contributed by atoms with Crippen LogP contribution < -0.4 is 15.2 Å². The molecule has 0 radical (unpaired) electrons. The minimum Gasteiger partial charge on any atom is -0.493 e. The van der Waals surface area contributed by atoms with Crippen molar-refractivity contribution in [1.29, 1.82) is 0 Å². The average Bonchev–Trinajstić information content (AvgIpc) is 3.44. The molecule has 0 bridgehead atoms. The summed E-state index contributed by atoms with van der Waals surface area (Å²) in [7, 11) is 1.64. The van der Waals surface area contributed by atoms with E-state index in [1.165, 1.54) is 11.1 Å². The first kappa shape index (κ1) is 20.3. The molecule has 1 aliphatic carbocycles. The van der Waals surface area contributed by atoms with E-state index in [9.17, 15) is 0 Å². The second-order valence-electron chi connectivity index (χ2n) is 8.20. The number of H-pyrrole nitrogens is 1. The minimum absolute atomic E-state index is 0.227. The van der Waals surface area contributed by atoms with Crippen molar-refractivity contribution >= 4 is 16.9 Å². The fourth-order valence-corrected chi connectivity index (χ4v) is 4.37. The number of unbranched alkanes of at least 4 members (excludes halogenated alkanes) is 1. The largest absolute Gasteiger partial charge is 0.493 e. The van der Waals surface area contributed by atoms with Crippen LogP contribution in [-0.4, -0.2) is 33.9 Å². The third kappa shape index (κ3) is 3.64. The predicted octanol–water partition coefficient (Wildman–Crippen LogP) is 4.67. The lowest BCUT2D eigenvalue weighted by molar-refractivity contribution is 0.288. The number of fused-ring (bicyclic) bond motifs is 2. The van der Waals surface area contributed by atoms with Gasteiger partial charge in [0.05, 0.1) is 19.1 Å². The molecule has 0 unspecified atom stereocenters. The van der Waals surface area contributed by atoms with Crippen molar-refractivity contribution in [3.63, 3.8) is 0 Å². The summed E-state index contributed by atoms with van der Waals surface area (Å²) < 4.78 is 11.4. The Bertz CT molecular complexity index is 1240. The van der Waals surface area contributed by atoms with Gasteiger partial charge in [0.25, 0.3) is 0 Å². The zero-order valence-electron chi connectivity index (χ0n) is 18.4. The third-order valence-electron chi connectivity index (χ3n) is 6.07. The van der Waals surface area contributed by atoms with Gasteiger partial charge in [0, 0.05) is 11.5 Å². The highest BCUT2D eigenvalue weighted by Gasteiger charge is 2.26. The highest BCUT2D eigenvalue weighted by molar-refractivity contribution is 5.98. The van der Waals surface area contributed by atoms with Crippen LogP contribution in [0.15, 0.2) is 42.5 Å². The molecule has 0 amide bonds. The number of nitrogen functional groups attached to an aromatic ring is 1. The van der Waals surface area contributed by atoms with Crippen molar-refractivity contribution < 1.29 is 9.47 Å². The number of methoxy groups -OCH3 is 1. The highest BCUT2D eigenvalue weighted by Crippen LogP contribution is 2.37. The van der Waals surface area contributed by atoms with Crippen molar-refractivity contribution in [2.24, 2.45) is 0 Å². The van der Waals surface area contributed by atoms with Crippen LogP contribution in [0.25, 0.3) is 22.3 Å². The van der Waals surface area contributed by atoms with Gasteiger partial charge in [0.2, 0.25) is 0 Å². The van der Waals surface area contributed by atoms with E-state index < -0.39 is 0 Å². The molecule has 0 fully saturated rings. The molecule has 3 N–H and O–H groups in total. The molecule has 0 saturated carbocycles. The molecular weight excluding hydrogens is 402 g/mol. The van der Waals surface area contributed by atoms with Gasteiger partial charge in [-0.1, -0.05) is 37.6 Å². The first-order chi connectivity index (χ1) is 15.7. The Morgan fingerprint density at radius 3 is 2.56 bits per heavy atom. The van der Waals surface area contributed by atoms with Crippen LogP contribution in [0.1, 0.15) is 42.6 Å². The van der Waals surface area contributed by atoms with Gasteiger partial charge in [0.15, 0.2) is 17.1 Å². The monoisotopic (exact) mass is 429 g/mol. The van der Waals surface area contributed by atoms with Crippen LogP contribution in [-0.2, 0) is 12.8 Å². The molecule has 0 saturated heterocycles. The van der Waals surface area contributed by atoms with Crippen molar-refractivity contribution in [1.82, 2.24) is 20.2 Å². The van der Waals surface area contributed by atoms with Gasteiger partial charge in [-0.05, 0) is 48.6 Å². The molecule has 164 valence electrons. The Kier molecular flexibility index (Phi) is 5.39. The van der Waals surface area contributed by atoms with Crippen LogP contribution in [0.3, 0.4) is 0 Å². The summed E-state index contributed by atoms with van der Waals surface area (Å²) in [6.45, 7) is 2.77. The summed E-state index contributed by atoms with van der Waals surface area (Å²) in [4.78, 5) is 9.49. The summed E-state index contributed by atoms with van der Waals surface area (Å²) in [6.07, 6.45) is 3.90. The Hall–Kier alpha value is -3.61. The number of ether oxygens (including phenoxy) is 2. The molecule has 0 atom stereocenters. The van der Waals surface area contributed by atoms with Crippen LogP contribution in [0, 0.1) is 0 Å². The zero-order valence-corrected chi connectivity index (χ0v) is 18.4. The maximum Gasteiger partial charge on any atom is 0.161 e. The summed E-state index contributed by atoms with van der Waals surface area (Å²) >= 11 is 0. The molecule has 5 rings (SSSR count). The van der Waals surface area contributed by atoms with E-state index in [2.05, 4.69) is 41.4 Å². The molecule has 1 aliphatic rings. The molecule has 2 aromatic heterocycles. The maximum atomic E-state index is 6.44. The Morgan fingerprint density at radius 1 is 1.06 bits per heavy atom. The number of aromatic nitrogens is 4. The highest BCUT2D eigenvalue weighted by atomic mass is 16.5. The molecule has 0 aliphatic heterocycles. The van der Waals surface area contributed by atoms with Gasteiger partial charge >= 0.3 is 0 Å². The maximum absolute atomic E-state index is 6.44. The fraction of sp³-hybridized carbons (Fsp3) is 0.320. The summed E-state index contributed by atoms with van der Waals surface area (Å²) in [6, 6.07) is 14.3. The van der Waals surface area contributed by atoms with Gasteiger partial charge in [-0.2, -0.15) is 5.10 Å². The predicted molar refractivity (Wildman–Crippen MR) is 125 cm³/mol. The van der Waals surface area contributed by atoms with Gasteiger partial charge in [-0.15, -0.1) is 0 Å². The van der Waals surface area contributed by atoms with E-state index in [1.807, 2.05) is 18.2 Å². The number of rotatable bonds is 7. The normalized spacial score (nSPS) is 13.4.